The first-order chi connectivity index (χ1) is 13.8. The minimum Gasteiger partial charge on any atom is -0.473 e. The highest BCUT2D eigenvalue weighted by Crippen LogP contribution is 2.29. The van der Waals surface area contributed by atoms with Crippen LogP contribution in [0.5, 0.6) is 5.88 Å². The highest BCUT2D eigenvalue weighted by atomic mass is 35.5. The number of rotatable bonds is 4. The number of ether oxygens (including phenoxy) is 1. The van der Waals surface area contributed by atoms with Crippen LogP contribution in [-0.2, 0) is 23.2 Å². The van der Waals surface area contributed by atoms with E-state index in [-0.39, 0.29) is 36.5 Å². The summed E-state index contributed by atoms with van der Waals surface area (Å²) in [5.41, 5.74) is 0.0132. The van der Waals surface area contributed by atoms with Gasteiger partial charge >= 0.3 is 5.69 Å². The SMILES string of the molecule is CS(=O)(=O)N1CCN2c3cc(OCc4ccc(F)c(C#N)c4)nc(=O)n3CC2C1.Cl. The molecule has 2 aliphatic heterocycles. The number of benzene rings is 1. The van der Waals surface area contributed by atoms with Crippen LogP contribution in [0.25, 0.3) is 0 Å². The summed E-state index contributed by atoms with van der Waals surface area (Å²) in [6, 6.07) is 7.34. The van der Waals surface area contributed by atoms with E-state index in [9.17, 15) is 17.6 Å². The van der Waals surface area contributed by atoms with E-state index in [1.54, 1.807) is 12.1 Å². The summed E-state index contributed by atoms with van der Waals surface area (Å²) in [5, 5.41) is 8.92. The number of nitriles is 1. The number of nitrogens with zero attached hydrogens (tertiary/aromatic N) is 5. The van der Waals surface area contributed by atoms with Crippen molar-refractivity contribution >= 4 is 28.2 Å². The molecule has 0 N–H and O–H groups in total. The predicted molar refractivity (Wildman–Crippen MR) is 109 cm³/mol. The van der Waals surface area contributed by atoms with E-state index in [1.807, 2.05) is 4.90 Å². The molecular formula is C18H19ClFN5O4S. The van der Waals surface area contributed by atoms with Gasteiger partial charge in [-0.3, -0.25) is 4.57 Å². The molecule has 3 heterocycles. The van der Waals surface area contributed by atoms with Gasteiger partial charge in [0.05, 0.1) is 24.4 Å². The molecule has 0 spiro atoms. The Hall–Kier alpha value is -2.68. The molecule has 1 atom stereocenters. The average Bonchev–Trinajstić information content (AvgIpc) is 3.05. The Morgan fingerprint density at radius 1 is 1.30 bits per heavy atom. The van der Waals surface area contributed by atoms with Crippen LogP contribution in [-0.4, -0.2) is 54.2 Å². The van der Waals surface area contributed by atoms with Gasteiger partial charge in [-0.25, -0.2) is 17.6 Å². The third kappa shape index (κ3) is 4.12. The van der Waals surface area contributed by atoms with E-state index in [2.05, 4.69) is 4.98 Å². The van der Waals surface area contributed by atoms with Gasteiger partial charge in [0.25, 0.3) is 0 Å². The lowest BCUT2D eigenvalue weighted by Gasteiger charge is -2.36. The number of hydrogen-bond donors (Lipinski definition) is 0. The largest absolute Gasteiger partial charge is 0.473 e. The molecule has 1 fully saturated rings. The van der Waals surface area contributed by atoms with Crippen LogP contribution in [0.1, 0.15) is 11.1 Å². The highest BCUT2D eigenvalue weighted by molar-refractivity contribution is 7.88. The average molecular weight is 456 g/mol. The zero-order chi connectivity index (χ0) is 20.8. The van der Waals surface area contributed by atoms with E-state index in [0.717, 1.165) is 0 Å². The molecule has 0 bridgehead atoms. The smallest absolute Gasteiger partial charge is 0.352 e. The summed E-state index contributed by atoms with van der Waals surface area (Å²) >= 11 is 0. The zero-order valence-corrected chi connectivity index (χ0v) is 17.6. The van der Waals surface area contributed by atoms with Crippen LogP contribution >= 0.6 is 12.4 Å². The van der Waals surface area contributed by atoms with Crippen molar-refractivity contribution in [2.75, 3.05) is 30.8 Å². The fourth-order valence-electron chi connectivity index (χ4n) is 3.66. The van der Waals surface area contributed by atoms with Crippen molar-refractivity contribution in [3.63, 3.8) is 0 Å². The van der Waals surface area contributed by atoms with E-state index in [4.69, 9.17) is 10.00 Å². The number of hydrogen-bond acceptors (Lipinski definition) is 7. The van der Waals surface area contributed by atoms with Crippen LogP contribution in [0.3, 0.4) is 0 Å². The topological polar surface area (TPSA) is 109 Å². The minimum atomic E-state index is -3.29. The van der Waals surface area contributed by atoms with E-state index in [0.29, 0.717) is 37.6 Å². The van der Waals surface area contributed by atoms with Crippen LogP contribution in [0, 0.1) is 17.1 Å². The summed E-state index contributed by atoms with van der Waals surface area (Å²) in [6.45, 7) is 1.49. The number of anilines is 1. The molecule has 2 aromatic rings. The maximum absolute atomic E-state index is 13.4. The molecule has 160 valence electrons. The monoisotopic (exact) mass is 455 g/mol. The van der Waals surface area contributed by atoms with Gasteiger partial charge in [-0.1, -0.05) is 6.07 Å². The molecule has 0 saturated carbocycles. The molecule has 0 radical (unpaired) electrons. The minimum absolute atomic E-state index is 0. The zero-order valence-electron chi connectivity index (χ0n) is 16.0. The van der Waals surface area contributed by atoms with Crippen molar-refractivity contribution in [3.05, 3.63) is 51.7 Å². The van der Waals surface area contributed by atoms with Crippen molar-refractivity contribution in [2.24, 2.45) is 0 Å². The van der Waals surface area contributed by atoms with Crippen LogP contribution in [0.2, 0.25) is 0 Å². The van der Waals surface area contributed by atoms with Crippen molar-refractivity contribution in [3.8, 4) is 11.9 Å². The fraction of sp³-hybridized carbons (Fsp3) is 0.389. The predicted octanol–water partition coefficient (Wildman–Crippen LogP) is 0.719. The molecular weight excluding hydrogens is 437 g/mol. The summed E-state index contributed by atoms with van der Waals surface area (Å²) in [4.78, 5) is 18.4. The van der Waals surface area contributed by atoms with Gasteiger partial charge in [-0.2, -0.15) is 14.6 Å². The van der Waals surface area contributed by atoms with Crippen molar-refractivity contribution < 1.29 is 17.5 Å². The third-order valence-corrected chi connectivity index (χ3v) is 6.38. The molecule has 12 heteroatoms. The lowest BCUT2D eigenvalue weighted by atomic mass is 10.1. The maximum Gasteiger partial charge on any atom is 0.352 e. The summed E-state index contributed by atoms with van der Waals surface area (Å²) < 4.78 is 45.6. The highest BCUT2D eigenvalue weighted by Gasteiger charge is 2.38. The molecule has 1 aromatic heterocycles. The Morgan fingerprint density at radius 2 is 2.07 bits per heavy atom. The van der Waals surface area contributed by atoms with Crippen molar-refractivity contribution in [2.45, 2.75) is 19.2 Å². The Morgan fingerprint density at radius 3 is 2.77 bits per heavy atom. The Labute approximate surface area is 178 Å². The van der Waals surface area contributed by atoms with E-state index < -0.39 is 21.5 Å². The van der Waals surface area contributed by atoms with Crippen molar-refractivity contribution in [1.82, 2.24) is 13.9 Å². The fourth-order valence-corrected chi connectivity index (χ4v) is 4.51. The normalized spacial score (nSPS) is 18.2. The Bertz CT molecular complexity index is 1180. The maximum atomic E-state index is 13.4. The first-order valence-corrected chi connectivity index (χ1v) is 10.8. The molecule has 4 rings (SSSR count). The number of halogens is 2. The quantitative estimate of drug-likeness (QED) is 0.668. The molecule has 9 nitrogen and oxygen atoms in total. The number of piperazine rings is 1. The molecule has 1 unspecified atom stereocenters. The Balaban J connectivity index is 0.00000256. The number of fused-ring (bicyclic) bond motifs is 3. The van der Waals surface area contributed by atoms with E-state index in [1.165, 1.54) is 33.3 Å². The number of sulfonamides is 1. The molecule has 1 saturated heterocycles. The van der Waals surface area contributed by atoms with Gasteiger partial charge in [0.15, 0.2) is 0 Å². The van der Waals surface area contributed by atoms with Crippen LogP contribution in [0.4, 0.5) is 10.2 Å². The molecule has 0 amide bonds. The van der Waals surface area contributed by atoms with Gasteiger partial charge < -0.3 is 9.64 Å². The van der Waals surface area contributed by atoms with Gasteiger partial charge in [-0.15, -0.1) is 12.4 Å². The van der Waals surface area contributed by atoms with Gasteiger partial charge in [0.2, 0.25) is 15.9 Å². The standard InChI is InChI=1S/C18H18FN5O4S.ClH/c1-29(26,27)22-4-5-23-14(9-22)10-24-17(23)7-16(21-18(24)25)28-11-12-2-3-15(19)13(6-12)8-20;/h2-3,6-7,14H,4-5,9-11H2,1H3;1H. The summed E-state index contributed by atoms with van der Waals surface area (Å²) in [7, 11) is -3.29. The first-order valence-electron chi connectivity index (χ1n) is 8.91. The number of aromatic nitrogens is 2. The summed E-state index contributed by atoms with van der Waals surface area (Å²) in [5.74, 6) is 0.148. The lowest BCUT2D eigenvalue weighted by molar-refractivity contribution is 0.291. The second-order valence-electron chi connectivity index (χ2n) is 7.03. The first kappa shape index (κ1) is 22.0. The second-order valence-corrected chi connectivity index (χ2v) is 9.01. The molecule has 2 aliphatic rings. The van der Waals surface area contributed by atoms with Crippen LogP contribution in [0.15, 0.2) is 29.1 Å². The molecule has 30 heavy (non-hydrogen) atoms. The van der Waals surface area contributed by atoms with E-state index >= 15 is 0 Å². The third-order valence-electron chi connectivity index (χ3n) is 5.11. The van der Waals surface area contributed by atoms with Gasteiger partial charge in [0, 0.05) is 25.7 Å². The van der Waals surface area contributed by atoms with Gasteiger partial charge in [-0.05, 0) is 17.7 Å². The second kappa shape index (κ2) is 8.22. The van der Waals surface area contributed by atoms with Crippen LogP contribution < -0.4 is 15.3 Å². The van der Waals surface area contributed by atoms with Crippen molar-refractivity contribution in [1.29, 1.82) is 5.26 Å². The van der Waals surface area contributed by atoms with Gasteiger partial charge in [0.1, 0.15) is 24.3 Å². The Kier molecular flexibility index (Phi) is 6.03. The summed E-state index contributed by atoms with van der Waals surface area (Å²) in [6.07, 6.45) is 1.18. The molecule has 1 aromatic carbocycles. The lowest BCUT2D eigenvalue weighted by Crippen LogP contribution is -2.53. The molecule has 0 aliphatic carbocycles.